The van der Waals surface area contributed by atoms with Crippen LogP contribution in [0.15, 0.2) is 35.4 Å². The molecule has 0 unspecified atom stereocenters. The molecule has 1 aromatic heterocycles. The quantitative estimate of drug-likeness (QED) is 0.783. The smallest absolute Gasteiger partial charge is 0.233 e. The van der Waals surface area contributed by atoms with Crippen molar-refractivity contribution in [3.63, 3.8) is 0 Å². The number of rotatable bonds is 3. The molecule has 6 nitrogen and oxygen atoms in total. The van der Waals surface area contributed by atoms with Crippen molar-refractivity contribution in [1.29, 1.82) is 0 Å². The molecule has 0 N–H and O–H groups in total. The van der Waals surface area contributed by atoms with Crippen LogP contribution in [0.4, 0.5) is 0 Å². The summed E-state index contributed by atoms with van der Waals surface area (Å²) in [5.74, 6) is 0.560. The minimum Gasteiger partial charge on any atom is -0.370 e. The van der Waals surface area contributed by atoms with Crippen molar-refractivity contribution < 1.29 is 9.53 Å². The molecule has 2 aliphatic rings. The number of fused-ring (bicyclic) bond motifs is 3. The van der Waals surface area contributed by atoms with Crippen LogP contribution in [0.2, 0.25) is 5.02 Å². The zero-order valence-corrected chi connectivity index (χ0v) is 14.5. The van der Waals surface area contributed by atoms with Crippen LogP contribution >= 0.6 is 23.4 Å². The van der Waals surface area contributed by atoms with E-state index in [1.54, 1.807) is 6.20 Å². The molecule has 8 heteroatoms. The van der Waals surface area contributed by atoms with Crippen LogP contribution in [-0.4, -0.2) is 50.7 Å². The largest absolute Gasteiger partial charge is 0.370 e. The van der Waals surface area contributed by atoms with E-state index >= 15 is 0 Å². The van der Waals surface area contributed by atoms with Crippen molar-refractivity contribution in [3.8, 4) is 0 Å². The average molecular weight is 365 g/mol. The van der Waals surface area contributed by atoms with Gasteiger partial charge < -0.3 is 9.64 Å². The number of carbonyl (C=O) groups is 1. The Morgan fingerprint density at radius 3 is 3.04 bits per heavy atom. The number of nitrogens with zero attached hydrogens (tertiary/aromatic N) is 4. The summed E-state index contributed by atoms with van der Waals surface area (Å²) in [5, 5.41) is 8.83. The summed E-state index contributed by atoms with van der Waals surface area (Å²) in [4.78, 5) is 15.5. The molecule has 1 aromatic carbocycles. The molecular weight excluding hydrogens is 348 g/mol. The highest BCUT2D eigenvalue weighted by Crippen LogP contribution is 2.30. The Morgan fingerprint density at radius 1 is 1.38 bits per heavy atom. The monoisotopic (exact) mass is 364 g/mol. The molecule has 0 aliphatic carbocycles. The fourth-order valence-electron chi connectivity index (χ4n) is 3.17. The first-order valence-corrected chi connectivity index (χ1v) is 9.24. The maximum Gasteiger partial charge on any atom is 0.233 e. The summed E-state index contributed by atoms with van der Waals surface area (Å²) in [6, 6.07) is 7.61. The molecule has 0 saturated carbocycles. The van der Waals surface area contributed by atoms with Gasteiger partial charge in [-0.2, -0.15) is 0 Å². The Morgan fingerprint density at radius 2 is 2.21 bits per heavy atom. The van der Waals surface area contributed by atoms with Crippen LogP contribution in [-0.2, 0) is 16.1 Å². The zero-order valence-electron chi connectivity index (χ0n) is 13.0. The van der Waals surface area contributed by atoms with Gasteiger partial charge in [-0.15, -0.1) is 16.9 Å². The number of ether oxygens (including phenoxy) is 1. The van der Waals surface area contributed by atoms with Gasteiger partial charge in [0.1, 0.15) is 0 Å². The molecule has 2 aromatic rings. The van der Waals surface area contributed by atoms with E-state index in [-0.39, 0.29) is 18.1 Å². The summed E-state index contributed by atoms with van der Waals surface area (Å²) in [5.41, 5.74) is 0.973. The summed E-state index contributed by atoms with van der Waals surface area (Å²) < 4.78 is 7.80. The van der Waals surface area contributed by atoms with E-state index in [0.717, 1.165) is 23.6 Å². The zero-order chi connectivity index (χ0) is 16.5. The summed E-state index contributed by atoms with van der Waals surface area (Å²) in [7, 11) is 0. The molecule has 2 atom stereocenters. The van der Waals surface area contributed by atoms with E-state index in [1.165, 1.54) is 11.8 Å². The highest BCUT2D eigenvalue weighted by atomic mass is 35.5. The molecule has 2 aliphatic heterocycles. The lowest BCUT2D eigenvalue weighted by Crippen LogP contribution is -2.50. The number of aromatic nitrogens is 3. The Bertz CT molecular complexity index is 736. The van der Waals surface area contributed by atoms with Crippen LogP contribution in [0.25, 0.3) is 0 Å². The Hall–Kier alpha value is -1.57. The molecule has 1 amide bonds. The number of amides is 1. The van der Waals surface area contributed by atoms with Crippen LogP contribution < -0.4 is 0 Å². The molecule has 1 fully saturated rings. The molecule has 126 valence electrons. The van der Waals surface area contributed by atoms with Gasteiger partial charge in [-0.05, 0) is 30.7 Å². The third kappa shape index (κ3) is 3.16. The topological polar surface area (TPSA) is 60.3 Å². The van der Waals surface area contributed by atoms with Gasteiger partial charge in [0, 0.05) is 23.0 Å². The number of halogens is 1. The van der Waals surface area contributed by atoms with Crippen molar-refractivity contribution in [2.75, 3.05) is 18.8 Å². The van der Waals surface area contributed by atoms with E-state index in [1.807, 2.05) is 33.8 Å². The second-order valence-corrected chi connectivity index (χ2v) is 7.44. The van der Waals surface area contributed by atoms with Gasteiger partial charge in [0.15, 0.2) is 0 Å². The predicted molar refractivity (Wildman–Crippen MR) is 91.0 cm³/mol. The lowest BCUT2D eigenvalue weighted by Gasteiger charge is -2.41. The highest BCUT2D eigenvalue weighted by Gasteiger charge is 2.37. The Kier molecular flexibility index (Phi) is 4.47. The lowest BCUT2D eigenvalue weighted by molar-refractivity contribution is -0.135. The van der Waals surface area contributed by atoms with Gasteiger partial charge in [0.05, 0.1) is 36.4 Å². The first kappa shape index (κ1) is 15.9. The summed E-state index contributed by atoms with van der Waals surface area (Å²) in [6.07, 6.45) is 2.68. The number of benzene rings is 1. The van der Waals surface area contributed by atoms with Crippen molar-refractivity contribution in [2.24, 2.45) is 0 Å². The van der Waals surface area contributed by atoms with Gasteiger partial charge in [0.25, 0.3) is 0 Å². The molecule has 0 spiro atoms. The molecule has 0 radical (unpaired) electrons. The van der Waals surface area contributed by atoms with E-state index in [0.29, 0.717) is 23.9 Å². The minimum atomic E-state index is 0.0643. The lowest BCUT2D eigenvalue weighted by atomic mass is 10.0. The van der Waals surface area contributed by atoms with Crippen LogP contribution in [0, 0.1) is 0 Å². The first-order valence-electron chi connectivity index (χ1n) is 7.87. The Labute approximate surface area is 149 Å². The second kappa shape index (κ2) is 6.74. The van der Waals surface area contributed by atoms with Crippen LogP contribution in [0.1, 0.15) is 18.2 Å². The van der Waals surface area contributed by atoms with Crippen LogP contribution in [0.3, 0.4) is 0 Å². The normalized spacial score (nSPS) is 22.8. The van der Waals surface area contributed by atoms with Crippen molar-refractivity contribution in [1.82, 2.24) is 19.9 Å². The molecule has 3 heterocycles. The number of hydrogen-bond acceptors (Lipinski definition) is 5. The number of carbonyl (C=O) groups excluding carboxylic acids is 1. The Balaban J connectivity index is 1.39. The molecule has 24 heavy (non-hydrogen) atoms. The number of piperidine rings is 1. The van der Waals surface area contributed by atoms with Gasteiger partial charge in [0.2, 0.25) is 5.91 Å². The van der Waals surface area contributed by atoms with Crippen molar-refractivity contribution in [3.05, 3.63) is 41.2 Å². The SMILES string of the molecule is O=C(CSc1ccc(Cl)cc1)N1CC[C@@H]2OCc3cnnn3[C@H]2C1. The number of thioether (sulfide) groups is 1. The van der Waals surface area contributed by atoms with E-state index in [9.17, 15) is 4.79 Å². The van der Waals surface area contributed by atoms with Gasteiger partial charge in [-0.25, -0.2) is 4.68 Å². The number of likely N-dealkylation sites (tertiary alicyclic amines) is 1. The maximum atomic E-state index is 12.6. The van der Waals surface area contributed by atoms with Crippen molar-refractivity contribution in [2.45, 2.75) is 30.1 Å². The average Bonchev–Trinajstić information content (AvgIpc) is 3.09. The fraction of sp³-hybridized carbons (Fsp3) is 0.438. The number of hydrogen-bond donors (Lipinski definition) is 0. The molecule has 0 bridgehead atoms. The van der Waals surface area contributed by atoms with Crippen molar-refractivity contribution >= 4 is 29.3 Å². The highest BCUT2D eigenvalue weighted by molar-refractivity contribution is 8.00. The van der Waals surface area contributed by atoms with Crippen LogP contribution in [0.5, 0.6) is 0 Å². The second-order valence-electron chi connectivity index (χ2n) is 5.96. The summed E-state index contributed by atoms with van der Waals surface area (Å²) >= 11 is 7.41. The minimum absolute atomic E-state index is 0.0643. The predicted octanol–water partition coefficient (Wildman–Crippen LogP) is 2.40. The van der Waals surface area contributed by atoms with E-state index < -0.39 is 0 Å². The van der Waals surface area contributed by atoms with E-state index in [4.69, 9.17) is 16.3 Å². The fourth-order valence-corrected chi connectivity index (χ4v) is 4.10. The third-order valence-electron chi connectivity index (χ3n) is 4.46. The molecular formula is C16H17ClN4O2S. The molecule has 4 rings (SSSR count). The van der Waals surface area contributed by atoms with Gasteiger partial charge in [-0.3, -0.25) is 4.79 Å². The van der Waals surface area contributed by atoms with Gasteiger partial charge >= 0.3 is 0 Å². The standard InChI is InChI=1S/C16H17ClN4O2S/c17-11-1-3-13(4-2-11)24-10-16(22)20-6-5-15-14(8-20)21-12(9-23-15)7-18-19-21/h1-4,7,14-15H,5-6,8-10H2/t14-,15-/m0/s1. The van der Waals surface area contributed by atoms with E-state index in [2.05, 4.69) is 10.3 Å². The molecule has 1 saturated heterocycles. The maximum absolute atomic E-state index is 12.6. The van der Waals surface area contributed by atoms with Gasteiger partial charge in [-0.1, -0.05) is 16.8 Å². The summed E-state index contributed by atoms with van der Waals surface area (Å²) in [6.45, 7) is 1.90. The first-order chi connectivity index (χ1) is 11.7. The third-order valence-corrected chi connectivity index (χ3v) is 5.71.